The van der Waals surface area contributed by atoms with Crippen molar-refractivity contribution in [2.24, 2.45) is 61.8 Å². The monoisotopic (exact) mass is 497 g/mol. The fraction of sp³-hybridized carbons (Fsp3) is 0.844. The Morgan fingerprint density at radius 3 is 2.25 bits per heavy atom. The largest absolute Gasteiger partial charge is 0.501 e. The van der Waals surface area contributed by atoms with Crippen molar-refractivity contribution in [3.8, 4) is 0 Å². The molecule has 4 unspecified atom stereocenters. The third-order valence-electron chi connectivity index (χ3n) is 13.9. The van der Waals surface area contributed by atoms with E-state index in [4.69, 9.17) is 4.74 Å². The summed E-state index contributed by atoms with van der Waals surface area (Å²) < 4.78 is 5.93. The lowest BCUT2D eigenvalue weighted by atomic mass is 9.32. The van der Waals surface area contributed by atoms with Gasteiger partial charge < -0.3 is 15.1 Å². The van der Waals surface area contributed by atoms with E-state index >= 15 is 0 Å². The van der Waals surface area contributed by atoms with Gasteiger partial charge >= 0.3 is 0 Å². The summed E-state index contributed by atoms with van der Waals surface area (Å²) in [7, 11) is 1.82. The van der Waals surface area contributed by atoms with Crippen LogP contribution in [0, 0.1) is 56.7 Å². The van der Waals surface area contributed by atoms with Gasteiger partial charge in [0.25, 0.3) is 0 Å². The van der Waals surface area contributed by atoms with Gasteiger partial charge in [-0.1, -0.05) is 46.4 Å². The van der Waals surface area contributed by atoms with Gasteiger partial charge in [-0.3, -0.25) is 0 Å². The number of nitrogens with zero attached hydrogens (tertiary/aromatic N) is 1. The first kappa shape index (κ1) is 26.3. The number of hydrogen-bond acceptors (Lipinski definition) is 4. The zero-order valence-electron chi connectivity index (χ0n) is 23.8. The SMILES string of the molecule is C=C(C)C1CC[C@]2(C(=C)OC)CC[C@]3(C)C(CCC4[C@@]5(C)CC[C@H](O)[C@@](C)(/C=N/O)[C@@H]5CC[C@]43C)C12. The minimum Gasteiger partial charge on any atom is -0.501 e. The molecule has 0 saturated heterocycles. The predicted octanol–water partition coefficient (Wildman–Crippen LogP) is 7.61. The molecular weight excluding hydrogens is 446 g/mol. The van der Waals surface area contributed by atoms with Gasteiger partial charge in [-0.25, -0.2) is 0 Å². The maximum atomic E-state index is 11.1. The number of methoxy groups -OCH3 is 1. The number of allylic oxidation sites excluding steroid dienone is 2. The Morgan fingerprint density at radius 1 is 0.889 bits per heavy atom. The number of rotatable bonds is 4. The van der Waals surface area contributed by atoms with Crippen molar-refractivity contribution in [3.05, 3.63) is 24.5 Å². The molecule has 5 aliphatic carbocycles. The van der Waals surface area contributed by atoms with Gasteiger partial charge in [-0.05, 0) is 117 Å². The van der Waals surface area contributed by atoms with Gasteiger partial charge in [0.2, 0.25) is 0 Å². The zero-order valence-corrected chi connectivity index (χ0v) is 23.8. The molecule has 2 N–H and O–H groups in total. The van der Waals surface area contributed by atoms with E-state index in [2.05, 4.69) is 52.9 Å². The molecule has 5 saturated carbocycles. The van der Waals surface area contributed by atoms with Gasteiger partial charge in [0.15, 0.2) is 0 Å². The average molecular weight is 498 g/mol. The van der Waals surface area contributed by atoms with Crippen molar-refractivity contribution >= 4 is 6.21 Å². The normalized spacial score (nSPS) is 54.2. The summed E-state index contributed by atoms with van der Waals surface area (Å²) >= 11 is 0. The van der Waals surface area contributed by atoms with Crippen LogP contribution in [0.25, 0.3) is 0 Å². The molecule has 5 fully saturated rings. The Balaban J connectivity index is 1.56. The Kier molecular flexibility index (Phi) is 6.11. The molecule has 0 aliphatic heterocycles. The van der Waals surface area contributed by atoms with Gasteiger partial charge in [-0.2, -0.15) is 0 Å². The van der Waals surface area contributed by atoms with Gasteiger partial charge in [0.05, 0.1) is 25.2 Å². The van der Waals surface area contributed by atoms with Gasteiger partial charge in [0, 0.05) is 10.8 Å². The molecule has 5 rings (SSSR count). The molecule has 0 aromatic heterocycles. The number of fused-ring (bicyclic) bond motifs is 7. The summed E-state index contributed by atoms with van der Waals surface area (Å²) in [5, 5.41) is 24.1. The van der Waals surface area contributed by atoms with Crippen molar-refractivity contribution in [2.75, 3.05) is 7.11 Å². The maximum Gasteiger partial charge on any atom is 0.0948 e. The maximum absolute atomic E-state index is 11.1. The highest BCUT2D eigenvalue weighted by Crippen LogP contribution is 2.78. The van der Waals surface area contributed by atoms with Gasteiger partial charge in [-0.15, -0.1) is 5.16 Å². The molecule has 5 aliphatic rings. The lowest BCUT2D eigenvalue weighted by Gasteiger charge is -2.72. The molecule has 11 atom stereocenters. The first-order chi connectivity index (χ1) is 16.9. The fourth-order valence-corrected chi connectivity index (χ4v) is 11.9. The van der Waals surface area contributed by atoms with Crippen molar-refractivity contribution < 1.29 is 15.1 Å². The summed E-state index contributed by atoms with van der Waals surface area (Å²) in [6.45, 7) is 21.1. The molecule has 0 spiro atoms. The Bertz CT molecular complexity index is 959. The van der Waals surface area contributed by atoms with E-state index in [0.717, 1.165) is 25.0 Å². The molecule has 36 heavy (non-hydrogen) atoms. The number of hydrogen-bond donors (Lipinski definition) is 2. The van der Waals surface area contributed by atoms with E-state index in [9.17, 15) is 10.3 Å². The molecule has 0 amide bonds. The minimum atomic E-state index is -0.463. The van der Waals surface area contributed by atoms with Crippen LogP contribution in [0.2, 0.25) is 0 Å². The summed E-state index contributed by atoms with van der Waals surface area (Å²) in [4.78, 5) is 0. The van der Waals surface area contributed by atoms with Gasteiger partial charge in [0.1, 0.15) is 0 Å². The molecule has 0 aromatic carbocycles. The predicted molar refractivity (Wildman–Crippen MR) is 146 cm³/mol. The van der Waals surface area contributed by atoms with Crippen LogP contribution in [0.1, 0.15) is 98.8 Å². The van der Waals surface area contributed by atoms with Crippen LogP contribution in [0.3, 0.4) is 0 Å². The average Bonchev–Trinajstić information content (AvgIpc) is 3.23. The highest BCUT2D eigenvalue weighted by atomic mass is 16.5. The summed E-state index contributed by atoms with van der Waals surface area (Å²) in [6.07, 6.45) is 12.7. The van der Waals surface area contributed by atoms with Crippen LogP contribution in [-0.2, 0) is 4.74 Å². The van der Waals surface area contributed by atoms with Crippen LogP contribution in [0.5, 0.6) is 0 Å². The van der Waals surface area contributed by atoms with Crippen LogP contribution in [-0.4, -0.2) is 29.7 Å². The third kappa shape index (κ3) is 3.06. The van der Waals surface area contributed by atoms with Crippen LogP contribution < -0.4 is 0 Å². The molecule has 4 heteroatoms. The van der Waals surface area contributed by atoms with Crippen LogP contribution in [0.15, 0.2) is 29.6 Å². The fourth-order valence-electron chi connectivity index (χ4n) is 11.9. The summed E-state index contributed by atoms with van der Waals surface area (Å²) in [5.41, 5.74) is 1.64. The number of oxime groups is 1. The highest BCUT2D eigenvalue weighted by molar-refractivity contribution is 5.66. The smallest absolute Gasteiger partial charge is 0.0948 e. The summed E-state index contributed by atoms with van der Waals surface area (Å²) in [5.74, 6) is 3.76. The zero-order chi connectivity index (χ0) is 26.3. The first-order valence-corrected chi connectivity index (χ1v) is 14.6. The second kappa shape index (κ2) is 8.35. The lowest BCUT2D eigenvalue weighted by molar-refractivity contribution is -0.240. The number of aliphatic hydroxyl groups excluding tert-OH is 1. The van der Waals surface area contributed by atoms with E-state index in [-0.39, 0.29) is 21.7 Å². The van der Waals surface area contributed by atoms with Crippen molar-refractivity contribution in [1.82, 2.24) is 0 Å². The standard InChI is InChI=1S/C32H51NO3/c1-20(2)22-11-16-32(21(3)36-8)18-17-30(6)23(27(22)32)9-10-25-28(4)14-13-26(34)29(5,19-33-35)24(28)12-15-31(25,30)7/h19,22-27,34-35H,1,3,9-18H2,2,4-8H3/b33-19+/t22?,23?,24-,25?,26+,27?,28+,29+,30-,31-,32-/m1/s1. The van der Waals surface area contributed by atoms with E-state index in [1.165, 1.54) is 50.5 Å². The quantitative estimate of drug-likeness (QED) is 0.138. The van der Waals surface area contributed by atoms with Crippen LogP contribution in [0.4, 0.5) is 0 Å². The Labute approximate surface area is 219 Å². The summed E-state index contributed by atoms with van der Waals surface area (Å²) in [6, 6.07) is 0. The first-order valence-electron chi connectivity index (χ1n) is 14.6. The topological polar surface area (TPSA) is 62.0 Å². The molecule has 0 aromatic rings. The lowest BCUT2D eigenvalue weighted by Crippen LogP contribution is -2.67. The molecule has 4 nitrogen and oxygen atoms in total. The second-order valence-corrected chi connectivity index (χ2v) is 14.6. The Hall–Kier alpha value is -1.29. The highest BCUT2D eigenvalue weighted by Gasteiger charge is 2.71. The van der Waals surface area contributed by atoms with E-state index in [1.54, 1.807) is 6.21 Å². The third-order valence-corrected chi connectivity index (χ3v) is 13.9. The molecule has 0 heterocycles. The molecule has 0 bridgehead atoms. The second-order valence-electron chi connectivity index (χ2n) is 14.6. The molecule has 202 valence electrons. The van der Waals surface area contributed by atoms with E-state index in [0.29, 0.717) is 29.6 Å². The molecule has 0 radical (unpaired) electrons. The van der Waals surface area contributed by atoms with E-state index < -0.39 is 11.5 Å². The Morgan fingerprint density at radius 2 is 1.61 bits per heavy atom. The van der Waals surface area contributed by atoms with E-state index in [1.807, 2.05) is 7.11 Å². The number of ether oxygens (including phenoxy) is 1. The minimum absolute atomic E-state index is 0.0952. The number of aliphatic hydroxyl groups is 1. The van der Waals surface area contributed by atoms with Crippen LogP contribution >= 0.6 is 0 Å². The van der Waals surface area contributed by atoms with Crippen molar-refractivity contribution in [1.29, 1.82) is 0 Å². The van der Waals surface area contributed by atoms with Crippen molar-refractivity contribution in [2.45, 2.75) is 105 Å². The van der Waals surface area contributed by atoms with Crippen molar-refractivity contribution in [3.63, 3.8) is 0 Å². The molecular formula is C32H51NO3.